The summed E-state index contributed by atoms with van der Waals surface area (Å²) < 4.78 is 22.4. The van der Waals surface area contributed by atoms with Crippen LogP contribution in [0.1, 0.15) is 12.0 Å². The third-order valence-electron chi connectivity index (χ3n) is 2.50. The Bertz CT molecular complexity index is 468. The molecule has 0 unspecified atom stereocenters. The number of hydrazone groups is 1. The molecule has 16 heavy (non-hydrogen) atoms. The standard InChI is InChI=1S/C11H14N2O2S/c14-16(15)7-6-11(9-16)13-12-8-10-4-2-1-3-5-10/h1-5,8,11,13H,6-7,9H2/b12-8-/t11-/m1/s1. The van der Waals surface area contributed by atoms with E-state index in [2.05, 4.69) is 10.5 Å². The second kappa shape index (κ2) is 4.65. The lowest BCUT2D eigenvalue weighted by Gasteiger charge is -2.05. The van der Waals surface area contributed by atoms with Gasteiger partial charge in [-0.3, -0.25) is 0 Å². The van der Waals surface area contributed by atoms with Gasteiger partial charge in [0.25, 0.3) is 0 Å². The number of hydrogen-bond donors (Lipinski definition) is 1. The molecule has 1 aromatic carbocycles. The molecule has 0 amide bonds. The zero-order valence-electron chi connectivity index (χ0n) is 8.83. The predicted molar refractivity (Wildman–Crippen MR) is 64.2 cm³/mol. The van der Waals surface area contributed by atoms with Gasteiger partial charge in [-0.15, -0.1) is 0 Å². The van der Waals surface area contributed by atoms with Gasteiger partial charge in [0.15, 0.2) is 9.84 Å². The fraction of sp³-hybridized carbons (Fsp3) is 0.364. The van der Waals surface area contributed by atoms with Gasteiger partial charge in [0, 0.05) is 0 Å². The lowest BCUT2D eigenvalue weighted by Crippen LogP contribution is -2.25. The van der Waals surface area contributed by atoms with E-state index in [9.17, 15) is 8.42 Å². The zero-order valence-corrected chi connectivity index (χ0v) is 9.65. The fourth-order valence-corrected chi connectivity index (χ4v) is 3.32. The van der Waals surface area contributed by atoms with Crippen molar-refractivity contribution in [2.45, 2.75) is 12.5 Å². The Morgan fingerprint density at radius 1 is 1.31 bits per heavy atom. The van der Waals surface area contributed by atoms with Crippen LogP contribution >= 0.6 is 0 Å². The molecule has 0 radical (unpaired) electrons. The van der Waals surface area contributed by atoms with Crippen LogP contribution in [0.4, 0.5) is 0 Å². The van der Waals surface area contributed by atoms with E-state index >= 15 is 0 Å². The predicted octanol–water partition coefficient (Wildman–Crippen LogP) is 0.797. The topological polar surface area (TPSA) is 58.5 Å². The Morgan fingerprint density at radius 2 is 2.06 bits per heavy atom. The average molecular weight is 238 g/mol. The van der Waals surface area contributed by atoms with Crippen LogP contribution in [0.15, 0.2) is 35.4 Å². The summed E-state index contributed by atoms with van der Waals surface area (Å²) in [5, 5.41) is 4.05. The van der Waals surface area contributed by atoms with Gasteiger partial charge < -0.3 is 5.43 Å². The Hall–Kier alpha value is -1.36. The first-order chi connectivity index (χ1) is 7.66. The molecule has 0 saturated carbocycles. The van der Waals surface area contributed by atoms with Crippen molar-refractivity contribution in [1.29, 1.82) is 0 Å². The van der Waals surface area contributed by atoms with E-state index in [-0.39, 0.29) is 17.5 Å². The van der Waals surface area contributed by atoms with E-state index in [1.807, 2.05) is 30.3 Å². The van der Waals surface area contributed by atoms with Crippen LogP contribution < -0.4 is 5.43 Å². The Kier molecular flexibility index (Phi) is 3.24. The monoisotopic (exact) mass is 238 g/mol. The van der Waals surface area contributed by atoms with Crippen LogP contribution in [0, 0.1) is 0 Å². The quantitative estimate of drug-likeness (QED) is 0.626. The minimum Gasteiger partial charge on any atom is -0.306 e. The molecule has 1 aliphatic rings. The van der Waals surface area contributed by atoms with Gasteiger partial charge in [-0.05, 0) is 12.0 Å². The summed E-state index contributed by atoms with van der Waals surface area (Å²) in [4.78, 5) is 0. The fourth-order valence-electron chi connectivity index (χ4n) is 1.65. The number of sulfone groups is 1. The molecular weight excluding hydrogens is 224 g/mol. The maximum atomic E-state index is 11.2. The second-order valence-electron chi connectivity index (χ2n) is 3.90. The summed E-state index contributed by atoms with van der Waals surface area (Å²) in [6.07, 6.45) is 2.35. The minimum absolute atomic E-state index is 0.0371. The van der Waals surface area contributed by atoms with Crippen molar-refractivity contribution in [3.8, 4) is 0 Å². The van der Waals surface area contributed by atoms with Gasteiger partial charge in [0.05, 0.1) is 23.8 Å². The van der Waals surface area contributed by atoms with Crippen LogP contribution in [0.5, 0.6) is 0 Å². The second-order valence-corrected chi connectivity index (χ2v) is 6.13. The highest BCUT2D eigenvalue weighted by molar-refractivity contribution is 7.91. The molecule has 1 aliphatic heterocycles. The number of nitrogens with zero attached hydrogens (tertiary/aromatic N) is 1. The van der Waals surface area contributed by atoms with Crippen LogP contribution in [-0.2, 0) is 9.84 Å². The van der Waals surface area contributed by atoms with Gasteiger partial charge in [0.1, 0.15) is 0 Å². The maximum absolute atomic E-state index is 11.2. The normalized spacial score (nSPS) is 23.6. The number of benzene rings is 1. The lowest BCUT2D eigenvalue weighted by molar-refractivity contribution is 0.578. The smallest absolute Gasteiger partial charge is 0.152 e. The van der Waals surface area contributed by atoms with E-state index < -0.39 is 9.84 Å². The molecule has 1 heterocycles. The van der Waals surface area contributed by atoms with Crippen LogP contribution in [0.25, 0.3) is 0 Å². The molecule has 86 valence electrons. The maximum Gasteiger partial charge on any atom is 0.152 e. The molecule has 1 aromatic rings. The van der Waals surface area contributed by atoms with Gasteiger partial charge in [-0.1, -0.05) is 30.3 Å². The molecule has 0 aliphatic carbocycles. The molecule has 1 saturated heterocycles. The van der Waals surface area contributed by atoms with E-state index in [1.165, 1.54) is 0 Å². The SMILES string of the molecule is O=S1(=O)CC[C@@H](N/N=C\c2ccccc2)C1. The van der Waals surface area contributed by atoms with Crippen LogP contribution in [0.2, 0.25) is 0 Å². The third kappa shape index (κ3) is 3.06. The third-order valence-corrected chi connectivity index (χ3v) is 4.27. The Morgan fingerprint density at radius 3 is 2.69 bits per heavy atom. The summed E-state index contributed by atoms with van der Waals surface area (Å²) in [6, 6.07) is 9.65. The Labute approximate surface area is 95.3 Å². The highest BCUT2D eigenvalue weighted by Gasteiger charge is 2.27. The van der Waals surface area contributed by atoms with Crippen molar-refractivity contribution in [2.24, 2.45) is 5.10 Å². The van der Waals surface area contributed by atoms with Gasteiger partial charge in [-0.25, -0.2) is 8.42 Å². The first-order valence-corrected chi connectivity index (χ1v) is 7.02. The molecule has 4 nitrogen and oxygen atoms in total. The highest BCUT2D eigenvalue weighted by Crippen LogP contribution is 2.10. The van der Waals surface area contributed by atoms with Crippen molar-refractivity contribution in [3.05, 3.63) is 35.9 Å². The van der Waals surface area contributed by atoms with E-state index in [0.717, 1.165) is 5.56 Å². The zero-order chi connectivity index (χ0) is 11.4. The number of hydrogen-bond acceptors (Lipinski definition) is 4. The molecule has 0 spiro atoms. The van der Waals surface area contributed by atoms with Crippen molar-refractivity contribution in [2.75, 3.05) is 11.5 Å². The molecule has 1 N–H and O–H groups in total. The summed E-state index contributed by atoms with van der Waals surface area (Å²) in [6.45, 7) is 0. The highest BCUT2D eigenvalue weighted by atomic mass is 32.2. The number of nitrogens with one attached hydrogen (secondary N) is 1. The van der Waals surface area contributed by atoms with Gasteiger partial charge in [0.2, 0.25) is 0 Å². The molecule has 2 rings (SSSR count). The molecule has 5 heteroatoms. The first kappa shape index (κ1) is 11.1. The van der Waals surface area contributed by atoms with E-state index in [4.69, 9.17) is 0 Å². The summed E-state index contributed by atoms with van der Waals surface area (Å²) in [5.74, 6) is 0.463. The molecule has 0 aromatic heterocycles. The average Bonchev–Trinajstić information content (AvgIpc) is 2.60. The van der Waals surface area contributed by atoms with Gasteiger partial charge >= 0.3 is 0 Å². The molecule has 1 atom stereocenters. The first-order valence-electron chi connectivity index (χ1n) is 5.20. The van der Waals surface area contributed by atoms with Crippen molar-refractivity contribution >= 4 is 16.1 Å². The van der Waals surface area contributed by atoms with Crippen molar-refractivity contribution in [3.63, 3.8) is 0 Å². The minimum atomic E-state index is -2.83. The summed E-state index contributed by atoms with van der Waals surface area (Å²) in [5.41, 5.74) is 3.87. The van der Waals surface area contributed by atoms with Crippen LogP contribution in [-0.4, -0.2) is 32.2 Å². The van der Waals surface area contributed by atoms with E-state index in [0.29, 0.717) is 6.42 Å². The molecular formula is C11H14N2O2S. The van der Waals surface area contributed by atoms with Gasteiger partial charge in [-0.2, -0.15) is 5.10 Å². The van der Waals surface area contributed by atoms with Crippen molar-refractivity contribution < 1.29 is 8.42 Å². The largest absolute Gasteiger partial charge is 0.306 e. The van der Waals surface area contributed by atoms with Crippen molar-refractivity contribution in [1.82, 2.24) is 5.43 Å². The molecule has 0 bridgehead atoms. The Balaban J connectivity index is 1.87. The summed E-state index contributed by atoms with van der Waals surface area (Å²) >= 11 is 0. The lowest BCUT2D eigenvalue weighted by atomic mass is 10.2. The number of rotatable bonds is 3. The van der Waals surface area contributed by atoms with Crippen LogP contribution in [0.3, 0.4) is 0 Å². The molecule has 1 fully saturated rings. The summed E-state index contributed by atoms with van der Waals surface area (Å²) in [7, 11) is -2.83. The van der Waals surface area contributed by atoms with E-state index in [1.54, 1.807) is 6.21 Å².